The molecule has 4 nitrogen and oxygen atoms in total. The van der Waals surface area contributed by atoms with Gasteiger partial charge in [-0.1, -0.05) is 37.3 Å². The van der Waals surface area contributed by atoms with Crippen LogP contribution in [0.25, 0.3) is 0 Å². The molecule has 2 aromatic rings. The zero-order chi connectivity index (χ0) is 15.5. The van der Waals surface area contributed by atoms with Crippen LogP contribution in [-0.2, 0) is 23.0 Å². The molecule has 0 amide bonds. The minimum atomic E-state index is -3.85. The van der Waals surface area contributed by atoms with E-state index >= 15 is 0 Å². The number of sulfonamides is 1. The van der Waals surface area contributed by atoms with Crippen LogP contribution in [0.2, 0.25) is 0 Å². The van der Waals surface area contributed by atoms with Crippen molar-refractivity contribution in [2.24, 2.45) is 0 Å². The van der Waals surface area contributed by atoms with Crippen molar-refractivity contribution in [3.63, 3.8) is 0 Å². The lowest BCUT2D eigenvalue weighted by Crippen LogP contribution is -2.25. The second-order valence-corrected chi connectivity index (χ2v) is 6.33. The van der Waals surface area contributed by atoms with Crippen molar-refractivity contribution in [1.82, 2.24) is 4.72 Å². The number of halogens is 1. The van der Waals surface area contributed by atoms with Gasteiger partial charge in [-0.3, -0.25) is 0 Å². The Kier molecular flexibility index (Phi) is 4.59. The van der Waals surface area contributed by atoms with Crippen LogP contribution < -0.4 is 10.5 Å². The summed E-state index contributed by atoms with van der Waals surface area (Å²) >= 11 is 0. The number of hydrogen-bond donors (Lipinski definition) is 2. The van der Waals surface area contributed by atoms with Gasteiger partial charge in [0.15, 0.2) is 0 Å². The van der Waals surface area contributed by atoms with Gasteiger partial charge in [0.05, 0.1) is 5.69 Å². The maximum atomic E-state index is 13.4. The van der Waals surface area contributed by atoms with Gasteiger partial charge in [-0.2, -0.15) is 0 Å². The summed E-state index contributed by atoms with van der Waals surface area (Å²) in [6.07, 6.45) is 0.806. The number of aryl methyl sites for hydroxylation is 1. The number of hydrogen-bond acceptors (Lipinski definition) is 3. The Labute approximate surface area is 123 Å². The van der Waals surface area contributed by atoms with Gasteiger partial charge in [-0.15, -0.1) is 0 Å². The number of rotatable bonds is 5. The maximum Gasteiger partial charge on any atom is 0.243 e. The SMILES string of the molecule is CCc1ccccc1CNS(=O)(=O)c1cccc(F)c1N. The van der Waals surface area contributed by atoms with E-state index in [0.29, 0.717) is 0 Å². The van der Waals surface area contributed by atoms with Gasteiger partial charge in [-0.05, 0) is 29.7 Å². The predicted molar refractivity (Wildman–Crippen MR) is 80.7 cm³/mol. The van der Waals surface area contributed by atoms with E-state index in [4.69, 9.17) is 5.73 Å². The first-order valence-corrected chi connectivity index (χ1v) is 8.04. The molecular weight excluding hydrogens is 291 g/mol. The fourth-order valence-electron chi connectivity index (χ4n) is 2.08. The second kappa shape index (κ2) is 6.24. The molecule has 0 fully saturated rings. The van der Waals surface area contributed by atoms with Crippen LogP contribution in [0, 0.1) is 5.82 Å². The predicted octanol–water partition coefficient (Wildman–Crippen LogP) is 2.45. The fourth-order valence-corrected chi connectivity index (χ4v) is 3.22. The molecule has 0 unspecified atom stereocenters. The number of para-hydroxylation sites is 1. The molecule has 21 heavy (non-hydrogen) atoms. The number of nitrogens with one attached hydrogen (secondary N) is 1. The van der Waals surface area contributed by atoms with Crippen molar-refractivity contribution in [2.75, 3.05) is 5.73 Å². The molecule has 0 aromatic heterocycles. The van der Waals surface area contributed by atoms with Crippen LogP contribution in [0.3, 0.4) is 0 Å². The Hall–Kier alpha value is -1.92. The van der Waals surface area contributed by atoms with Gasteiger partial charge in [0.1, 0.15) is 10.7 Å². The van der Waals surface area contributed by atoms with Gasteiger partial charge < -0.3 is 5.73 Å². The molecule has 0 aliphatic heterocycles. The third-order valence-electron chi connectivity index (χ3n) is 3.25. The number of benzene rings is 2. The third kappa shape index (κ3) is 3.40. The van der Waals surface area contributed by atoms with Crippen molar-refractivity contribution >= 4 is 15.7 Å². The van der Waals surface area contributed by atoms with Crippen molar-refractivity contribution < 1.29 is 12.8 Å². The van der Waals surface area contributed by atoms with E-state index in [0.717, 1.165) is 23.6 Å². The minimum Gasteiger partial charge on any atom is -0.395 e. The van der Waals surface area contributed by atoms with Crippen LogP contribution in [0.1, 0.15) is 18.1 Å². The van der Waals surface area contributed by atoms with Crippen molar-refractivity contribution in [3.8, 4) is 0 Å². The van der Waals surface area contributed by atoms with Crippen molar-refractivity contribution in [1.29, 1.82) is 0 Å². The fraction of sp³-hybridized carbons (Fsp3) is 0.200. The standard InChI is InChI=1S/C15H17FN2O2S/c1-2-11-6-3-4-7-12(11)10-18-21(19,20)14-9-5-8-13(16)15(14)17/h3-9,18H,2,10,17H2,1H3. The molecule has 0 radical (unpaired) electrons. The quantitative estimate of drug-likeness (QED) is 0.833. The normalized spacial score (nSPS) is 11.5. The molecule has 0 atom stereocenters. The molecule has 2 rings (SSSR count). The second-order valence-electron chi connectivity index (χ2n) is 4.60. The van der Waals surface area contributed by atoms with Gasteiger partial charge in [0, 0.05) is 6.54 Å². The summed E-state index contributed by atoms with van der Waals surface area (Å²) in [7, 11) is -3.85. The summed E-state index contributed by atoms with van der Waals surface area (Å²) in [5.74, 6) is -0.744. The highest BCUT2D eigenvalue weighted by Gasteiger charge is 2.19. The van der Waals surface area contributed by atoms with Crippen LogP contribution in [0.5, 0.6) is 0 Å². The summed E-state index contributed by atoms with van der Waals surface area (Å²) in [4.78, 5) is -0.239. The van der Waals surface area contributed by atoms with E-state index in [1.165, 1.54) is 12.1 Å². The molecule has 0 bridgehead atoms. The molecule has 0 heterocycles. The van der Waals surface area contributed by atoms with Crippen LogP contribution in [-0.4, -0.2) is 8.42 Å². The number of anilines is 1. The zero-order valence-electron chi connectivity index (χ0n) is 11.6. The highest BCUT2D eigenvalue weighted by Crippen LogP contribution is 2.21. The van der Waals surface area contributed by atoms with Crippen LogP contribution in [0.15, 0.2) is 47.4 Å². The first-order chi connectivity index (χ1) is 9.95. The van der Waals surface area contributed by atoms with Gasteiger partial charge >= 0.3 is 0 Å². The molecule has 0 saturated heterocycles. The number of nitrogen functional groups attached to an aromatic ring is 1. The monoisotopic (exact) mass is 308 g/mol. The molecule has 0 saturated carbocycles. The molecule has 6 heteroatoms. The Morgan fingerprint density at radius 2 is 1.76 bits per heavy atom. The van der Waals surface area contributed by atoms with E-state index in [1.54, 1.807) is 0 Å². The van der Waals surface area contributed by atoms with Crippen molar-refractivity contribution in [2.45, 2.75) is 24.8 Å². The maximum absolute atomic E-state index is 13.4. The van der Waals surface area contributed by atoms with Crippen molar-refractivity contribution in [3.05, 3.63) is 59.4 Å². The average Bonchev–Trinajstić information content (AvgIpc) is 2.48. The van der Waals surface area contributed by atoms with E-state index in [1.807, 2.05) is 31.2 Å². The van der Waals surface area contributed by atoms with E-state index in [2.05, 4.69) is 4.72 Å². The Bertz CT molecular complexity index is 745. The Balaban J connectivity index is 2.24. The lowest BCUT2D eigenvalue weighted by Gasteiger charge is -2.11. The Morgan fingerprint density at radius 3 is 2.43 bits per heavy atom. The van der Waals surface area contributed by atoms with E-state index < -0.39 is 15.8 Å². The summed E-state index contributed by atoms with van der Waals surface area (Å²) in [6, 6.07) is 11.3. The van der Waals surface area contributed by atoms with Crippen LogP contribution >= 0.6 is 0 Å². The van der Waals surface area contributed by atoms with E-state index in [-0.39, 0.29) is 17.1 Å². The topological polar surface area (TPSA) is 72.2 Å². The lowest BCUT2D eigenvalue weighted by molar-refractivity contribution is 0.578. The molecule has 3 N–H and O–H groups in total. The summed E-state index contributed by atoms with van der Waals surface area (Å²) in [5, 5.41) is 0. The third-order valence-corrected chi connectivity index (χ3v) is 4.71. The summed E-state index contributed by atoms with van der Waals surface area (Å²) in [5.41, 5.74) is 7.08. The zero-order valence-corrected chi connectivity index (χ0v) is 12.5. The van der Waals surface area contributed by atoms with Crippen LogP contribution in [0.4, 0.5) is 10.1 Å². The highest BCUT2D eigenvalue weighted by atomic mass is 32.2. The summed E-state index contributed by atoms with van der Waals surface area (Å²) < 4.78 is 40.3. The molecule has 0 aliphatic carbocycles. The smallest absolute Gasteiger partial charge is 0.243 e. The minimum absolute atomic E-state index is 0.141. The molecular formula is C15H17FN2O2S. The highest BCUT2D eigenvalue weighted by molar-refractivity contribution is 7.89. The molecule has 112 valence electrons. The van der Waals surface area contributed by atoms with E-state index in [9.17, 15) is 12.8 Å². The number of nitrogens with two attached hydrogens (primary N) is 1. The summed E-state index contributed by atoms with van der Waals surface area (Å²) in [6.45, 7) is 2.14. The first kappa shape index (κ1) is 15.5. The largest absolute Gasteiger partial charge is 0.395 e. The molecule has 0 spiro atoms. The Morgan fingerprint density at radius 1 is 1.10 bits per heavy atom. The molecule has 0 aliphatic rings. The van der Waals surface area contributed by atoms with Gasteiger partial charge in [-0.25, -0.2) is 17.5 Å². The lowest BCUT2D eigenvalue weighted by atomic mass is 10.1. The van der Waals surface area contributed by atoms with Gasteiger partial charge in [0.25, 0.3) is 0 Å². The molecule has 2 aromatic carbocycles. The first-order valence-electron chi connectivity index (χ1n) is 6.56. The average molecular weight is 308 g/mol. The van der Waals surface area contributed by atoms with Gasteiger partial charge in [0.2, 0.25) is 10.0 Å².